The van der Waals surface area contributed by atoms with Crippen molar-refractivity contribution in [1.29, 1.82) is 0 Å². The number of carbonyl (C=O) groups excluding carboxylic acids is 1. The summed E-state index contributed by atoms with van der Waals surface area (Å²) in [7, 11) is -2.54. The number of nitrogens with one attached hydrogen (secondary N) is 2. The highest BCUT2D eigenvalue weighted by molar-refractivity contribution is 7.92. The lowest BCUT2D eigenvalue weighted by Crippen LogP contribution is -2.38. The standard InChI is InChI=1S/C40H34ClF8N9O5S/c1-56-32-26(5-4-24(41)30(32)36(54-56)55-64(2,61)62)58-37(52-35-21(38(58)60)3-6-28(51-35)63-20-7-9-39(46,47)10-8-20)25(13-17-11-18(42)14-19(43)12-17)50-27(59)16-57-33-29(31(53-57)34(44)45)22-15-23(22)40(33,48)49/h3-6,11-12,14,20,22-23,25,34H,7-10,13,15-16H2,1-2H3,(H,50,59)(H,54,55)/t22-,23+,25?/m0/s1. The van der Waals surface area contributed by atoms with Crippen LogP contribution < -0.4 is 20.3 Å². The van der Waals surface area contributed by atoms with Crippen molar-refractivity contribution in [2.45, 2.75) is 81.4 Å². The van der Waals surface area contributed by atoms with Crippen molar-refractivity contribution in [3.8, 4) is 11.6 Å². The number of alkyl halides is 6. The molecule has 9 rings (SSSR count). The number of amides is 1. The molecular formula is C40H34ClF8N9O5S. The molecule has 338 valence electrons. The molecule has 1 unspecified atom stereocenters. The number of sulfonamides is 1. The summed E-state index contributed by atoms with van der Waals surface area (Å²) in [5, 5.41) is 10.4. The van der Waals surface area contributed by atoms with Gasteiger partial charge < -0.3 is 10.1 Å². The number of rotatable bonds is 12. The van der Waals surface area contributed by atoms with Crippen LogP contribution >= 0.6 is 11.6 Å². The first kappa shape index (κ1) is 43.4. The monoisotopic (exact) mass is 939 g/mol. The predicted molar refractivity (Wildman–Crippen MR) is 214 cm³/mol. The van der Waals surface area contributed by atoms with Crippen LogP contribution in [0.4, 0.5) is 40.9 Å². The summed E-state index contributed by atoms with van der Waals surface area (Å²) in [5.41, 5.74) is -3.36. The third kappa shape index (κ3) is 7.89. The van der Waals surface area contributed by atoms with E-state index in [1.807, 2.05) is 0 Å². The fourth-order valence-electron chi connectivity index (χ4n) is 8.81. The molecule has 0 spiro atoms. The molecule has 3 atom stereocenters. The van der Waals surface area contributed by atoms with E-state index in [2.05, 4.69) is 30.2 Å². The van der Waals surface area contributed by atoms with E-state index in [1.165, 1.54) is 36.0 Å². The van der Waals surface area contributed by atoms with Crippen LogP contribution in [0.15, 0.2) is 47.3 Å². The smallest absolute Gasteiger partial charge is 0.293 e. The van der Waals surface area contributed by atoms with Gasteiger partial charge in [0.25, 0.3) is 17.9 Å². The SMILES string of the molecule is Cn1nc(NS(C)(=O)=O)c2c(Cl)ccc(-n3c(C(Cc4cc(F)cc(F)c4)NC(=O)Cn4nc(C(F)F)c5c4C(F)(F)[C@@H]4C[C@H]54)nc4nc(OC5CCC(F)(F)CC5)ccc4c3=O)c21. The predicted octanol–water partition coefficient (Wildman–Crippen LogP) is 7.37. The minimum atomic E-state index is -3.95. The van der Waals surface area contributed by atoms with Crippen molar-refractivity contribution in [3.63, 3.8) is 0 Å². The van der Waals surface area contributed by atoms with Gasteiger partial charge in [0, 0.05) is 49.9 Å². The normalized spacial score (nSPS) is 19.5. The Morgan fingerprint density at radius 3 is 2.39 bits per heavy atom. The van der Waals surface area contributed by atoms with Crippen molar-refractivity contribution < 1.29 is 53.1 Å². The topological polar surface area (TPSA) is 168 Å². The summed E-state index contributed by atoms with van der Waals surface area (Å²) >= 11 is 6.60. The van der Waals surface area contributed by atoms with Gasteiger partial charge in [-0.05, 0) is 61.1 Å². The number of fused-ring (bicyclic) bond motifs is 5. The number of benzene rings is 2. The van der Waals surface area contributed by atoms with Crippen LogP contribution in [0.2, 0.25) is 5.02 Å². The van der Waals surface area contributed by atoms with Crippen molar-refractivity contribution in [1.82, 2.24) is 39.4 Å². The number of hydrogen-bond acceptors (Lipinski definition) is 9. The van der Waals surface area contributed by atoms with Gasteiger partial charge in [0.05, 0.1) is 39.3 Å². The van der Waals surface area contributed by atoms with Gasteiger partial charge in [0.15, 0.2) is 11.5 Å². The van der Waals surface area contributed by atoms with Gasteiger partial charge in [-0.25, -0.2) is 39.7 Å². The van der Waals surface area contributed by atoms with E-state index in [9.17, 15) is 44.3 Å². The molecule has 4 aromatic heterocycles. The highest BCUT2D eigenvalue weighted by Gasteiger charge is 2.67. The van der Waals surface area contributed by atoms with Crippen LogP contribution in [0, 0.1) is 17.6 Å². The van der Waals surface area contributed by atoms with E-state index in [1.54, 1.807) is 0 Å². The first-order valence-corrected chi connectivity index (χ1v) is 22.0. The zero-order valence-corrected chi connectivity index (χ0v) is 34.9. The van der Waals surface area contributed by atoms with Crippen molar-refractivity contribution >= 4 is 55.3 Å². The summed E-state index contributed by atoms with van der Waals surface area (Å²) < 4.78 is 152. The maximum absolute atomic E-state index is 15.5. The third-order valence-corrected chi connectivity index (χ3v) is 12.5. The van der Waals surface area contributed by atoms with Gasteiger partial charge in [-0.1, -0.05) is 11.6 Å². The Kier molecular flexibility index (Phi) is 10.5. The largest absolute Gasteiger partial charge is 0.474 e. The van der Waals surface area contributed by atoms with E-state index in [0.29, 0.717) is 10.7 Å². The molecule has 64 heavy (non-hydrogen) atoms. The molecule has 0 saturated heterocycles. The molecule has 4 heterocycles. The molecule has 3 aliphatic carbocycles. The lowest BCUT2D eigenvalue weighted by Gasteiger charge is -2.28. The number of hydrogen-bond donors (Lipinski definition) is 2. The van der Waals surface area contributed by atoms with Gasteiger partial charge in [0.2, 0.25) is 27.7 Å². The highest BCUT2D eigenvalue weighted by atomic mass is 35.5. The van der Waals surface area contributed by atoms with Crippen LogP contribution in [0.5, 0.6) is 5.88 Å². The number of nitrogens with zero attached hydrogens (tertiary/aromatic N) is 7. The van der Waals surface area contributed by atoms with E-state index in [0.717, 1.165) is 23.0 Å². The van der Waals surface area contributed by atoms with E-state index in [-0.39, 0.29) is 74.7 Å². The third-order valence-electron chi connectivity index (χ3n) is 11.6. The summed E-state index contributed by atoms with van der Waals surface area (Å²) in [6.45, 7) is -1.04. The van der Waals surface area contributed by atoms with Gasteiger partial charge in [-0.3, -0.25) is 28.2 Å². The molecule has 3 aliphatic rings. The molecule has 0 bridgehead atoms. The van der Waals surface area contributed by atoms with E-state index >= 15 is 8.78 Å². The maximum atomic E-state index is 15.5. The Labute approximate surface area is 361 Å². The van der Waals surface area contributed by atoms with Gasteiger partial charge in [-0.15, -0.1) is 0 Å². The van der Waals surface area contributed by atoms with Gasteiger partial charge >= 0.3 is 0 Å². The summed E-state index contributed by atoms with van der Waals surface area (Å²) in [6, 6.07) is 6.10. The van der Waals surface area contributed by atoms with E-state index < -0.39 is 118 Å². The fourth-order valence-corrected chi connectivity index (χ4v) is 9.55. The maximum Gasteiger partial charge on any atom is 0.293 e. The number of anilines is 1. The average Bonchev–Trinajstić information content (AvgIpc) is 3.73. The number of aryl methyl sites for hydroxylation is 1. The van der Waals surface area contributed by atoms with Crippen LogP contribution in [-0.2, 0) is 40.8 Å². The zero-order chi connectivity index (χ0) is 45.8. The zero-order valence-electron chi connectivity index (χ0n) is 33.4. The number of pyridine rings is 1. The molecule has 2 aromatic carbocycles. The van der Waals surface area contributed by atoms with E-state index in [4.69, 9.17) is 16.3 Å². The minimum absolute atomic E-state index is 0.00968. The number of carbonyl (C=O) groups is 1. The Morgan fingerprint density at radius 1 is 1.02 bits per heavy atom. The van der Waals surface area contributed by atoms with Crippen LogP contribution in [0.25, 0.3) is 27.6 Å². The van der Waals surface area contributed by atoms with Crippen molar-refractivity contribution in [3.05, 3.63) is 97.8 Å². The summed E-state index contributed by atoms with van der Waals surface area (Å²) in [6.07, 6.45) is -4.52. The molecule has 2 fully saturated rings. The average molecular weight is 940 g/mol. The summed E-state index contributed by atoms with van der Waals surface area (Å²) in [4.78, 5) is 38.1. The quantitative estimate of drug-likeness (QED) is 0.119. The van der Waals surface area contributed by atoms with Crippen molar-refractivity contribution in [2.75, 3.05) is 11.0 Å². The fraction of sp³-hybridized carbons (Fsp3) is 0.400. The number of halogens is 9. The van der Waals surface area contributed by atoms with Crippen LogP contribution in [0.3, 0.4) is 0 Å². The molecule has 0 radical (unpaired) electrons. The molecule has 24 heteroatoms. The Morgan fingerprint density at radius 2 is 1.72 bits per heavy atom. The Hall–Kier alpha value is -5.84. The lowest BCUT2D eigenvalue weighted by atomic mass is 9.94. The van der Waals surface area contributed by atoms with Crippen molar-refractivity contribution in [2.24, 2.45) is 13.0 Å². The molecule has 6 aromatic rings. The first-order chi connectivity index (χ1) is 30.1. The summed E-state index contributed by atoms with van der Waals surface area (Å²) in [5.74, 6) is -12.5. The Bertz CT molecular complexity index is 3060. The van der Waals surface area contributed by atoms with Crippen LogP contribution in [-0.4, -0.2) is 66.7 Å². The molecule has 0 aliphatic heterocycles. The molecular weight excluding hydrogens is 906 g/mol. The molecule has 2 saturated carbocycles. The lowest BCUT2D eigenvalue weighted by molar-refractivity contribution is -0.123. The molecule has 14 nitrogen and oxygen atoms in total. The molecule has 2 N–H and O–H groups in total. The second-order valence-electron chi connectivity index (χ2n) is 16.2. The molecule has 1 amide bonds. The van der Waals surface area contributed by atoms with Gasteiger partial charge in [-0.2, -0.15) is 24.0 Å². The highest BCUT2D eigenvalue weighted by Crippen LogP contribution is 2.68. The number of ether oxygens (including phenoxy) is 1. The van der Waals surface area contributed by atoms with Crippen LogP contribution in [0.1, 0.15) is 78.8 Å². The Balaban J connectivity index is 1.22. The number of aromatic nitrogens is 7. The van der Waals surface area contributed by atoms with Gasteiger partial charge in [0.1, 0.15) is 41.5 Å². The second-order valence-corrected chi connectivity index (χ2v) is 18.4. The minimum Gasteiger partial charge on any atom is -0.474 e. The second kappa shape index (κ2) is 15.4. The first-order valence-electron chi connectivity index (χ1n) is 19.7.